The molecule has 1 heterocycles. The van der Waals surface area contributed by atoms with E-state index in [-0.39, 0.29) is 11.5 Å². The first-order chi connectivity index (χ1) is 13.1. The zero-order chi connectivity index (χ0) is 24.0. The van der Waals surface area contributed by atoms with Crippen LogP contribution in [0.2, 0.25) is 0 Å². The number of carbonyl (C=O) groups is 1. The molecule has 30 heavy (non-hydrogen) atoms. The fourth-order valence-electron chi connectivity index (χ4n) is 1.66. The number of hydrazone groups is 1. The molecule has 0 fully saturated rings. The minimum absolute atomic E-state index is 0.201. The van der Waals surface area contributed by atoms with E-state index in [9.17, 15) is 61.9 Å². The normalized spacial score (nSPS) is 15.0. The highest BCUT2D eigenvalue weighted by molar-refractivity contribution is 5.86. The highest BCUT2D eigenvalue weighted by atomic mass is 19.4. The van der Waals surface area contributed by atoms with Gasteiger partial charge in [-0.3, -0.25) is 4.79 Å². The van der Waals surface area contributed by atoms with Crippen LogP contribution in [0.3, 0.4) is 0 Å². The molecule has 1 aromatic rings. The molecular formula is C13H7F13N2O2. The first-order valence-electron chi connectivity index (χ1n) is 7.00. The van der Waals surface area contributed by atoms with E-state index in [0.29, 0.717) is 11.6 Å². The van der Waals surface area contributed by atoms with Crippen LogP contribution in [0.25, 0.3) is 0 Å². The van der Waals surface area contributed by atoms with Crippen molar-refractivity contribution >= 4 is 12.1 Å². The first-order valence-corrected chi connectivity index (χ1v) is 7.00. The maximum Gasteiger partial charge on any atom is 0.460 e. The second-order valence-corrected chi connectivity index (χ2v) is 5.52. The van der Waals surface area contributed by atoms with Crippen LogP contribution in [0.15, 0.2) is 21.7 Å². The maximum absolute atomic E-state index is 13.4. The van der Waals surface area contributed by atoms with Crippen LogP contribution < -0.4 is 5.43 Å². The average molecular weight is 470 g/mol. The van der Waals surface area contributed by atoms with Gasteiger partial charge in [-0.15, -0.1) is 0 Å². The van der Waals surface area contributed by atoms with Crippen molar-refractivity contribution in [1.29, 1.82) is 0 Å². The van der Waals surface area contributed by atoms with Crippen LogP contribution in [0.1, 0.15) is 11.5 Å². The Hall–Kier alpha value is -2.49. The lowest BCUT2D eigenvalue weighted by Gasteiger charge is -2.38. The zero-order valence-electron chi connectivity index (χ0n) is 13.9. The monoisotopic (exact) mass is 470 g/mol. The standard InChI is InChI=1S/C13H7F13N2O2/c1-5-2-3-6(30-5)4-27-28-7(29)8(14,15)9(16,17)10(18,19)11(20,21)12(22,23)13(24,25)26/h2-4H,1H3,(H,28,29)/b27-4-. The lowest BCUT2D eigenvalue weighted by atomic mass is 9.93. The average Bonchev–Trinajstić information content (AvgIpc) is 2.98. The smallest absolute Gasteiger partial charge is 0.460 e. The van der Waals surface area contributed by atoms with Gasteiger partial charge in [0.05, 0.1) is 6.21 Å². The number of halogens is 13. The van der Waals surface area contributed by atoms with Gasteiger partial charge in [0.15, 0.2) is 0 Å². The maximum atomic E-state index is 13.4. The molecule has 0 radical (unpaired) electrons. The van der Waals surface area contributed by atoms with Gasteiger partial charge < -0.3 is 4.42 Å². The van der Waals surface area contributed by atoms with E-state index in [1.54, 1.807) is 0 Å². The third-order valence-electron chi connectivity index (χ3n) is 3.34. The van der Waals surface area contributed by atoms with Gasteiger partial charge in [-0.2, -0.15) is 62.2 Å². The molecule has 0 bridgehead atoms. The SMILES string of the molecule is Cc1ccc(/C=N\NC(=O)C(F)(F)C(F)(F)C(F)(F)C(F)(F)C(F)(F)C(F)(F)F)o1. The number of nitrogens with zero attached hydrogens (tertiary/aromatic N) is 1. The lowest BCUT2D eigenvalue weighted by Crippen LogP contribution is -2.71. The Bertz CT molecular complexity index is 810. The van der Waals surface area contributed by atoms with Crippen LogP contribution in [0, 0.1) is 6.92 Å². The lowest BCUT2D eigenvalue weighted by molar-refractivity contribution is -0.436. The van der Waals surface area contributed by atoms with E-state index >= 15 is 0 Å². The van der Waals surface area contributed by atoms with Crippen molar-refractivity contribution in [1.82, 2.24) is 5.43 Å². The molecule has 1 amide bonds. The molecule has 0 saturated carbocycles. The molecule has 1 aromatic heterocycles. The molecule has 0 aromatic carbocycles. The fourth-order valence-corrected chi connectivity index (χ4v) is 1.66. The number of carbonyl (C=O) groups excluding carboxylic acids is 1. The van der Waals surface area contributed by atoms with E-state index in [2.05, 4.69) is 5.10 Å². The Morgan fingerprint density at radius 1 is 0.833 bits per heavy atom. The summed E-state index contributed by atoms with van der Waals surface area (Å²) in [7, 11) is 0. The molecule has 1 rings (SSSR count). The van der Waals surface area contributed by atoms with E-state index in [1.807, 2.05) is 0 Å². The highest BCUT2D eigenvalue weighted by Gasteiger charge is 2.91. The Morgan fingerprint density at radius 3 is 1.70 bits per heavy atom. The summed E-state index contributed by atoms with van der Waals surface area (Å²) in [6.45, 7) is 1.36. The van der Waals surface area contributed by atoms with E-state index in [4.69, 9.17) is 4.42 Å². The molecule has 0 aliphatic carbocycles. The minimum Gasteiger partial charge on any atom is -0.460 e. The largest absolute Gasteiger partial charge is 0.460 e. The molecule has 0 unspecified atom stereocenters. The summed E-state index contributed by atoms with van der Waals surface area (Å²) in [5.41, 5.74) is 0.532. The topological polar surface area (TPSA) is 54.6 Å². The number of rotatable bonds is 7. The van der Waals surface area contributed by atoms with Crippen molar-refractivity contribution in [3.63, 3.8) is 0 Å². The fraction of sp³-hybridized carbons (Fsp3) is 0.538. The summed E-state index contributed by atoms with van der Waals surface area (Å²) >= 11 is 0. The van der Waals surface area contributed by atoms with E-state index < -0.39 is 41.7 Å². The van der Waals surface area contributed by atoms with E-state index in [1.165, 1.54) is 13.0 Å². The van der Waals surface area contributed by atoms with E-state index in [0.717, 1.165) is 6.07 Å². The predicted octanol–water partition coefficient (Wildman–Crippen LogP) is 4.78. The second kappa shape index (κ2) is 7.33. The zero-order valence-corrected chi connectivity index (χ0v) is 13.9. The molecule has 172 valence electrons. The quantitative estimate of drug-likeness (QED) is 0.355. The molecule has 0 spiro atoms. The number of furan rings is 1. The molecular weight excluding hydrogens is 463 g/mol. The molecule has 17 heteroatoms. The van der Waals surface area contributed by atoms with Crippen molar-refractivity contribution in [3.8, 4) is 0 Å². The Morgan fingerprint density at radius 2 is 1.30 bits per heavy atom. The summed E-state index contributed by atoms with van der Waals surface area (Å²) in [4.78, 5) is 11.1. The summed E-state index contributed by atoms with van der Waals surface area (Å²) < 4.78 is 172. The van der Waals surface area contributed by atoms with Gasteiger partial charge >= 0.3 is 41.7 Å². The molecule has 0 aliphatic heterocycles. The molecule has 0 aliphatic rings. The molecule has 1 N–H and O–H groups in total. The van der Waals surface area contributed by atoms with Gasteiger partial charge in [0.1, 0.15) is 11.5 Å². The van der Waals surface area contributed by atoms with Crippen molar-refractivity contribution in [3.05, 3.63) is 23.7 Å². The predicted molar refractivity (Wildman–Crippen MR) is 70.0 cm³/mol. The number of aryl methyl sites for hydroxylation is 1. The summed E-state index contributed by atoms with van der Waals surface area (Å²) in [6, 6.07) is 2.35. The first kappa shape index (κ1) is 25.5. The van der Waals surface area contributed by atoms with Gasteiger partial charge in [0.2, 0.25) is 0 Å². The van der Waals surface area contributed by atoms with Crippen molar-refractivity contribution in [2.75, 3.05) is 0 Å². The number of alkyl halides is 13. The van der Waals surface area contributed by atoms with Gasteiger partial charge in [0.25, 0.3) is 0 Å². The summed E-state index contributed by atoms with van der Waals surface area (Å²) in [6.07, 6.45) is -7.16. The van der Waals surface area contributed by atoms with Crippen LogP contribution in [-0.2, 0) is 4.79 Å². The van der Waals surface area contributed by atoms with Crippen molar-refractivity contribution in [2.45, 2.75) is 42.7 Å². The minimum atomic E-state index is -8.08. The van der Waals surface area contributed by atoms with Gasteiger partial charge in [-0.25, -0.2) is 5.43 Å². The molecule has 0 saturated heterocycles. The molecule has 4 nitrogen and oxygen atoms in total. The number of amides is 1. The van der Waals surface area contributed by atoms with Gasteiger partial charge in [-0.05, 0) is 19.1 Å². The highest BCUT2D eigenvalue weighted by Crippen LogP contribution is 2.60. The van der Waals surface area contributed by atoms with Crippen LogP contribution in [-0.4, -0.2) is 47.9 Å². The molecule has 0 atom stereocenters. The number of hydrogen-bond donors (Lipinski definition) is 1. The van der Waals surface area contributed by atoms with Crippen LogP contribution in [0.4, 0.5) is 57.1 Å². The van der Waals surface area contributed by atoms with Crippen molar-refractivity contribution in [2.24, 2.45) is 5.10 Å². The Balaban J connectivity index is 3.24. The third-order valence-corrected chi connectivity index (χ3v) is 3.34. The second-order valence-electron chi connectivity index (χ2n) is 5.52. The van der Waals surface area contributed by atoms with Gasteiger partial charge in [0, 0.05) is 0 Å². The van der Waals surface area contributed by atoms with Gasteiger partial charge in [-0.1, -0.05) is 0 Å². The summed E-state index contributed by atoms with van der Waals surface area (Å²) in [5.74, 6) is -42.3. The van der Waals surface area contributed by atoms with Crippen molar-refractivity contribution < 1.29 is 66.3 Å². The Kier molecular flexibility index (Phi) is 6.24. The van der Waals surface area contributed by atoms with Crippen LogP contribution in [0.5, 0.6) is 0 Å². The third kappa shape index (κ3) is 3.80. The summed E-state index contributed by atoms with van der Waals surface area (Å²) in [5, 5.41) is 2.57. The number of nitrogens with one attached hydrogen (secondary N) is 1. The Labute approximate surface area is 156 Å². The number of hydrogen-bond acceptors (Lipinski definition) is 3. The van der Waals surface area contributed by atoms with Crippen LogP contribution >= 0.6 is 0 Å².